The van der Waals surface area contributed by atoms with Gasteiger partial charge in [-0.1, -0.05) is 64.1 Å². The van der Waals surface area contributed by atoms with Gasteiger partial charge in [0.2, 0.25) is 0 Å². The molecule has 1 aromatic carbocycles. The molecule has 0 aliphatic carbocycles. The third kappa shape index (κ3) is 4.71. The van der Waals surface area contributed by atoms with Gasteiger partial charge in [-0.15, -0.1) is 11.3 Å². The number of thiophene rings is 1. The fourth-order valence-corrected chi connectivity index (χ4v) is 2.43. The molecule has 3 rings (SSSR count). The van der Waals surface area contributed by atoms with Crippen LogP contribution in [0.5, 0.6) is 0 Å². The van der Waals surface area contributed by atoms with Crippen LogP contribution < -0.4 is 0 Å². The number of ether oxygens (including phenoxy) is 1. The largest absolute Gasteiger partial charge is 0.422 e. The van der Waals surface area contributed by atoms with Crippen LogP contribution in [0.2, 0.25) is 0 Å². The molecule has 2 heterocycles. The lowest BCUT2D eigenvalue weighted by Crippen LogP contribution is -1.96. The fraction of sp³-hybridized carbons (Fsp3) is 0.211. The van der Waals surface area contributed by atoms with Crippen molar-refractivity contribution in [2.75, 3.05) is 0 Å². The maximum atomic E-state index is 11.7. The molecule has 0 bridgehead atoms. The van der Waals surface area contributed by atoms with Crippen molar-refractivity contribution in [2.45, 2.75) is 27.7 Å². The van der Waals surface area contributed by atoms with E-state index in [1.54, 1.807) is 17.4 Å². The van der Waals surface area contributed by atoms with E-state index in [0.717, 1.165) is 10.4 Å². The first-order chi connectivity index (χ1) is 10.8. The lowest BCUT2D eigenvalue weighted by atomic mass is 10.1. The van der Waals surface area contributed by atoms with Gasteiger partial charge < -0.3 is 4.74 Å². The molecule has 1 aliphatic heterocycles. The number of carbonyl (C=O) groups excluding carboxylic acids is 1. The number of hydrogen-bond donors (Lipinski definition) is 0. The Morgan fingerprint density at radius 2 is 1.64 bits per heavy atom. The Kier molecular flexibility index (Phi) is 7.94. The zero-order chi connectivity index (χ0) is 16.4. The maximum Gasteiger partial charge on any atom is 0.343 e. The number of carbonyl (C=O) groups is 1. The number of esters is 1. The minimum absolute atomic E-state index is 0.290. The minimum atomic E-state index is -0.290. The van der Waals surface area contributed by atoms with Crippen molar-refractivity contribution in [3.8, 4) is 0 Å². The summed E-state index contributed by atoms with van der Waals surface area (Å²) in [6.07, 6.45) is 3.64. The van der Waals surface area contributed by atoms with Crippen molar-refractivity contribution in [1.29, 1.82) is 0 Å². The van der Waals surface area contributed by atoms with Gasteiger partial charge in [-0.3, -0.25) is 0 Å². The topological polar surface area (TPSA) is 26.3 Å². The lowest BCUT2D eigenvalue weighted by molar-refractivity contribution is -0.130. The average Bonchev–Trinajstić information content (AvgIpc) is 3.23. The van der Waals surface area contributed by atoms with Crippen LogP contribution >= 0.6 is 11.3 Å². The van der Waals surface area contributed by atoms with Crippen LogP contribution in [-0.4, -0.2) is 5.97 Å². The van der Waals surface area contributed by atoms with Crippen LogP contribution in [-0.2, 0) is 9.53 Å². The van der Waals surface area contributed by atoms with Crippen molar-refractivity contribution < 1.29 is 9.53 Å². The molecular weight excluding hydrogens is 292 g/mol. The molecule has 0 saturated carbocycles. The smallest absolute Gasteiger partial charge is 0.343 e. The summed E-state index contributed by atoms with van der Waals surface area (Å²) < 4.78 is 5.27. The van der Waals surface area contributed by atoms with Gasteiger partial charge in [-0.25, -0.2) is 4.79 Å². The zero-order valence-corrected chi connectivity index (χ0v) is 14.3. The number of hydrogen-bond acceptors (Lipinski definition) is 3. The van der Waals surface area contributed by atoms with E-state index in [2.05, 4.69) is 0 Å². The van der Waals surface area contributed by atoms with Crippen LogP contribution in [0.15, 0.2) is 59.5 Å². The van der Waals surface area contributed by atoms with E-state index in [9.17, 15) is 4.79 Å². The summed E-state index contributed by atoms with van der Waals surface area (Å²) >= 11 is 1.60. The van der Waals surface area contributed by atoms with Gasteiger partial charge >= 0.3 is 5.97 Å². The quantitative estimate of drug-likeness (QED) is 0.518. The highest BCUT2D eigenvalue weighted by atomic mass is 32.1. The Morgan fingerprint density at radius 1 is 0.955 bits per heavy atom. The highest BCUT2D eigenvalue weighted by molar-refractivity contribution is 7.10. The summed E-state index contributed by atoms with van der Waals surface area (Å²) in [6, 6.07) is 13.6. The maximum absolute atomic E-state index is 11.7. The molecule has 1 aromatic heterocycles. The summed E-state index contributed by atoms with van der Waals surface area (Å²) in [4.78, 5) is 12.8. The van der Waals surface area contributed by atoms with Crippen molar-refractivity contribution in [2.24, 2.45) is 0 Å². The SMILES string of the molecule is CC.CC.O=C1OC(c2ccccc2)=C/C1=C/c1cccs1. The highest BCUT2D eigenvalue weighted by Gasteiger charge is 2.21. The molecule has 3 heteroatoms. The number of cyclic esters (lactones) is 1. The van der Waals surface area contributed by atoms with Gasteiger partial charge in [-0.05, 0) is 23.6 Å². The second-order valence-electron chi connectivity index (χ2n) is 3.88. The molecule has 1 aliphatic rings. The first kappa shape index (κ1) is 17.9. The summed E-state index contributed by atoms with van der Waals surface area (Å²) in [5, 5.41) is 1.98. The van der Waals surface area contributed by atoms with E-state index in [1.807, 2.05) is 81.6 Å². The molecule has 0 amide bonds. The van der Waals surface area contributed by atoms with Crippen molar-refractivity contribution in [3.63, 3.8) is 0 Å². The van der Waals surface area contributed by atoms with E-state index in [-0.39, 0.29) is 5.97 Å². The minimum Gasteiger partial charge on any atom is -0.422 e. The highest BCUT2D eigenvalue weighted by Crippen LogP contribution is 2.27. The van der Waals surface area contributed by atoms with E-state index < -0.39 is 0 Å². The first-order valence-electron chi connectivity index (χ1n) is 7.57. The second kappa shape index (κ2) is 9.74. The first-order valence-corrected chi connectivity index (χ1v) is 8.45. The van der Waals surface area contributed by atoms with Gasteiger partial charge in [0.05, 0.1) is 5.57 Å². The summed E-state index contributed by atoms with van der Waals surface area (Å²) in [6.45, 7) is 8.00. The molecular formula is C19H22O2S. The molecule has 0 saturated heterocycles. The Labute approximate surface area is 136 Å². The standard InChI is InChI=1S/C15H10O2S.2C2H6/c16-15-12(9-13-7-4-8-18-13)10-14(17-15)11-5-2-1-3-6-11;2*1-2/h1-10H;2*1-2H3/b12-9-;;. The zero-order valence-electron chi connectivity index (χ0n) is 13.5. The van der Waals surface area contributed by atoms with E-state index in [4.69, 9.17) is 4.74 Å². The Morgan fingerprint density at radius 3 is 2.23 bits per heavy atom. The van der Waals surface area contributed by atoms with Crippen molar-refractivity contribution >= 4 is 29.1 Å². The van der Waals surface area contributed by atoms with Gasteiger partial charge in [0.25, 0.3) is 0 Å². The van der Waals surface area contributed by atoms with Crippen LogP contribution in [0.3, 0.4) is 0 Å². The van der Waals surface area contributed by atoms with Gasteiger partial charge in [0, 0.05) is 10.4 Å². The number of rotatable bonds is 2. The second-order valence-corrected chi connectivity index (χ2v) is 4.86. The molecule has 116 valence electrons. The normalized spacial score (nSPS) is 14.3. The molecule has 0 N–H and O–H groups in total. The summed E-state index contributed by atoms with van der Waals surface area (Å²) in [5.74, 6) is 0.325. The van der Waals surface area contributed by atoms with Crippen molar-refractivity contribution in [3.05, 3.63) is 69.9 Å². The average molecular weight is 314 g/mol. The predicted molar refractivity (Wildman–Crippen MR) is 95.5 cm³/mol. The molecule has 2 aromatic rings. The van der Waals surface area contributed by atoms with Crippen LogP contribution in [0.25, 0.3) is 11.8 Å². The van der Waals surface area contributed by atoms with Gasteiger partial charge in [0.1, 0.15) is 5.76 Å². The van der Waals surface area contributed by atoms with E-state index in [1.165, 1.54) is 0 Å². The van der Waals surface area contributed by atoms with Crippen LogP contribution in [0.4, 0.5) is 0 Å². The molecule has 0 spiro atoms. The van der Waals surface area contributed by atoms with Gasteiger partial charge in [-0.2, -0.15) is 0 Å². The molecule has 0 atom stereocenters. The molecule has 2 nitrogen and oxygen atoms in total. The lowest BCUT2D eigenvalue weighted by Gasteiger charge is -1.99. The van der Waals surface area contributed by atoms with Crippen molar-refractivity contribution in [1.82, 2.24) is 0 Å². The molecule has 22 heavy (non-hydrogen) atoms. The fourth-order valence-electron chi connectivity index (χ4n) is 1.76. The van der Waals surface area contributed by atoms with Crippen LogP contribution in [0.1, 0.15) is 38.1 Å². The summed E-state index contributed by atoms with van der Waals surface area (Å²) in [7, 11) is 0. The molecule has 0 unspecified atom stereocenters. The number of benzene rings is 1. The Bertz CT molecular complexity index is 623. The third-order valence-electron chi connectivity index (χ3n) is 2.62. The predicted octanol–water partition coefficient (Wildman–Crippen LogP) is 5.78. The third-order valence-corrected chi connectivity index (χ3v) is 3.44. The summed E-state index contributed by atoms with van der Waals surface area (Å²) in [5.41, 5.74) is 1.51. The molecule has 0 radical (unpaired) electrons. The Balaban J connectivity index is 0.000000561. The Hall–Kier alpha value is -2.13. The van der Waals surface area contributed by atoms with E-state index >= 15 is 0 Å². The van der Waals surface area contributed by atoms with Gasteiger partial charge in [0.15, 0.2) is 0 Å². The monoisotopic (exact) mass is 314 g/mol. The molecule has 0 fully saturated rings. The van der Waals surface area contributed by atoms with Crippen LogP contribution in [0, 0.1) is 0 Å². The van der Waals surface area contributed by atoms with E-state index in [0.29, 0.717) is 11.3 Å².